The molecule has 0 saturated heterocycles. The molecule has 0 fully saturated rings. The van der Waals surface area contributed by atoms with Gasteiger partial charge in [0.15, 0.2) is 11.5 Å². The first-order valence-electron chi connectivity index (χ1n) is 11.4. The van der Waals surface area contributed by atoms with Crippen molar-refractivity contribution in [3.05, 3.63) is 89.1 Å². The number of carbonyl (C=O) groups excluding carboxylic acids is 2. The van der Waals surface area contributed by atoms with Crippen molar-refractivity contribution in [3.63, 3.8) is 0 Å². The Morgan fingerprint density at radius 2 is 1.74 bits per heavy atom. The fourth-order valence-electron chi connectivity index (χ4n) is 4.08. The highest BCUT2D eigenvalue weighted by Gasteiger charge is 2.25. The van der Waals surface area contributed by atoms with Crippen molar-refractivity contribution in [2.45, 2.75) is 18.9 Å². The van der Waals surface area contributed by atoms with Gasteiger partial charge in [0.1, 0.15) is 6.04 Å². The molecule has 2 amide bonds. The molecule has 0 radical (unpaired) electrons. The lowest BCUT2D eigenvalue weighted by Crippen LogP contribution is -2.45. The number of H-pyrrole nitrogens is 1. The van der Waals surface area contributed by atoms with Crippen LogP contribution in [0, 0.1) is 0 Å². The Balaban J connectivity index is 1.41. The molecule has 8 heteroatoms. The van der Waals surface area contributed by atoms with E-state index in [1.165, 1.54) is 0 Å². The molecule has 1 aliphatic rings. The van der Waals surface area contributed by atoms with Crippen LogP contribution in [0.5, 0.6) is 11.5 Å². The lowest BCUT2D eigenvalue weighted by molar-refractivity contribution is -0.118. The third kappa shape index (κ3) is 5.10. The fourth-order valence-corrected chi connectivity index (χ4v) is 4.30. The Morgan fingerprint density at radius 1 is 0.971 bits per heavy atom. The number of aromatic amines is 1. The van der Waals surface area contributed by atoms with Crippen LogP contribution in [0.3, 0.4) is 0 Å². The number of para-hydroxylation sites is 1. The van der Waals surface area contributed by atoms with E-state index in [1.807, 2.05) is 30.5 Å². The van der Waals surface area contributed by atoms with E-state index in [9.17, 15) is 9.59 Å². The van der Waals surface area contributed by atoms with Gasteiger partial charge in [0, 0.05) is 41.7 Å². The number of carbonyl (C=O) groups is 2. The molecule has 0 saturated carbocycles. The number of amides is 2. The van der Waals surface area contributed by atoms with Crippen LogP contribution < -0.4 is 20.1 Å². The summed E-state index contributed by atoms with van der Waals surface area (Å²) in [5.74, 6) is 0.441. The number of anilines is 1. The molecule has 2 heterocycles. The summed E-state index contributed by atoms with van der Waals surface area (Å²) in [6.07, 6.45) is 2.94. The van der Waals surface area contributed by atoms with Crippen LogP contribution in [0.2, 0.25) is 5.02 Å². The highest BCUT2D eigenvalue weighted by molar-refractivity contribution is 6.33. The number of benzene rings is 3. The van der Waals surface area contributed by atoms with E-state index < -0.39 is 11.9 Å². The second-order valence-electron chi connectivity index (χ2n) is 8.27. The Kier molecular flexibility index (Phi) is 6.59. The molecule has 1 atom stereocenters. The van der Waals surface area contributed by atoms with Crippen molar-refractivity contribution in [3.8, 4) is 11.5 Å². The summed E-state index contributed by atoms with van der Waals surface area (Å²) in [5, 5.41) is 7.09. The fraction of sp³-hybridized carbons (Fsp3) is 0.185. The summed E-state index contributed by atoms with van der Waals surface area (Å²) in [6, 6.07) is 19.0. The van der Waals surface area contributed by atoms with Gasteiger partial charge in [-0.1, -0.05) is 41.9 Å². The summed E-state index contributed by atoms with van der Waals surface area (Å²) in [5.41, 5.74) is 2.73. The first-order valence-corrected chi connectivity index (χ1v) is 11.8. The molecule has 35 heavy (non-hydrogen) atoms. The summed E-state index contributed by atoms with van der Waals surface area (Å²) in [7, 11) is 0. The van der Waals surface area contributed by atoms with E-state index in [4.69, 9.17) is 21.1 Å². The minimum atomic E-state index is -0.853. The maximum Gasteiger partial charge on any atom is 0.253 e. The summed E-state index contributed by atoms with van der Waals surface area (Å²) >= 11 is 6.22. The summed E-state index contributed by atoms with van der Waals surface area (Å²) < 4.78 is 11.4. The molecule has 4 aromatic rings. The average Bonchev–Trinajstić information content (AvgIpc) is 3.12. The molecular weight excluding hydrogens is 466 g/mol. The van der Waals surface area contributed by atoms with Gasteiger partial charge in [0.2, 0.25) is 5.91 Å². The normalized spacial score (nSPS) is 13.6. The summed E-state index contributed by atoms with van der Waals surface area (Å²) in [6.45, 7) is 1.13. The summed E-state index contributed by atoms with van der Waals surface area (Å²) in [4.78, 5) is 29.7. The quantitative estimate of drug-likeness (QED) is 0.357. The maximum absolute atomic E-state index is 13.4. The standard InChI is InChI=1S/C27H24ClN3O4/c28-21-8-3-1-7-20(21)26(32)31-23(14-17-16-29-22-9-4-2-6-19(17)22)27(33)30-18-10-11-24-25(15-18)35-13-5-12-34-24/h1-4,6-11,15-16,23,29H,5,12-14H2,(H,30,33)(H,31,32)/t23-/m1/s1. The second-order valence-corrected chi connectivity index (χ2v) is 8.68. The molecule has 0 spiro atoms. The van der Waals surface area contributed by atoms with Crippen LogP contribution in [0.1, 0.15) is 22.3 Å². The van der Waals surface area contributed by atoms with E-state index in [1.54, 1.807) is 42.5 Å². The Bertz CT molecular complexity index is 1380. The van der Waals surface area contributed by atoms with Crippen LogP contribution >= 0.6 is 11.6 Å². The minimum Gasteiger partial charge on any atom is -0.490 e. The van der Waals surface area contributed by atoms with Gasteiger partial charge >= 0.3 is 0 Å². The first kappa shape index (κ1) is 22.8. The van der Waals surface area contributed by atoms with Gasteiger partial charge in [-0.05, 0) is 35.9 Å². The Morgan fingerprint density at radius 3 is 2.60 bits per heavy atom. The van der Waals surface area contributed by atoms with Gasteiger partial charge in [-0.2, -0.15) is 0 Å². The second kappa shape index (κ2) is 10.1. The highest BCUT2D eigenvalue weighted by Crippen LogP contribution is 2.32. The SMILES string of the molecule is O=C(N[C@H](Cc1c[nH]c2ccccc12)C(=O)Nc1ccc2c(c1)OCCCO2)c1ccccc1Cl. The number of halogens is 1. The molecule has 5 rings (SSSR count). The predicted molar refractivity (Wildman–Crippen MR) is 135 cm³/mol. The molecular formula is C27H24ClN3O4. The van der Waals surface area contributed by atoms with E-state index in [-0.39, 0.29) is 12.3 Å². The van der Waals surface area contributed by atoms with Gasteiger partial charge in [0.05, 0.1) is 23.8 Å². The number of fused-ring (bicyclic) bond motifs is 2. The van der Waals surface area contributed by atoms with Crippen molar-refractivity contribution in [1.29, 1.82) is 0 Å². The monoisotopic (exact) mass is 489 g/mol. The van der Waals surface area contributed by atoms with Crippen molar-refractivity contribution in [2.75, 3.05) is 18.5 Å². The average molecular weight is 490 g/mol. The topological polar surface area (TPSA) is 92.5 Å². The van der Waals surface area contributed by atoms with Crippen LogP contribution in [-0.2, 0) is 11.2 Å². The van der Waals surface area contributed by atoms with Crippen LogP contribution in [0.15, 0.2) is 72.9 Å². The third-order valence-electron chi connectivity index (χ3n) is 5.85. The molecule has 1 aliphatic heterocycles. The maximum atomic E-state index is 13.4. The van der Waals surface area contributed by atoms with Crippen molar-refractivity contribution in [1.82, 2.24) is 10.3 Å². The molecule has 178 valence electrons. The van der Waals surface area contributed by atoms with Gasteiger partial charge in [0.25, 0.3) is 5.91 Å². The van der Waals surface area contributed by atoms with Crippen molar-refractivity contribution >= 4 is 40.0 Å². The van der Waals surface area contributed by atoms with E-state index in [0.717, 1.165) is 22.9 Å². The molecule has 3 N–H and O–H groups in total. The lowest BCUT2D eigenvalue weighted by Gasteiger charge is -2.19. The minimum absolute atomic E-state index is 0.288. The molecule has 1 aromatic heterocycles. The van der Waals surface area contributed by atoms with Gasteiger partial charge in [-0.15, -0.1) is 0 Å². The number of nitrogens with one attached hydrogen (secondary N) is 3. The van der Waals surface area contributed by atoms with Gasteiger partial charge in [-0.25, -0.2) is 0 Å². The number of hydrogen-bond donors (Lipinski definition) is 3. The van der Waals surface area contributed by atoms with Crippen molar-refractivity contribution < 1.29 is 19.1 Å². The Labute approximate surface area is 207 Å². The van der Waals surface area contributed by atoms with Crippen LogP contribution in [-0.4, -0.2) is 36.1 Å². The van der Waals surface area contributed by atoms with E-state index in [0.29, 0.717) is 41.0 Å². The highest BCUT2D eigenvalue weighted by atomic mass is 35.5. The number of aromatic nitrogens is 1. The van der Waals surface area contributed by atoms with Crippen LogP contribution in [0.4, 0.5) is 5.69 Å². The Hall–Kier alpha value is -3.97. The number of rotatable bonds is 6. The van der Waals surface area contributed by atoms with Gasteiger partial charge < -0.3 is 25.1 Å². The van der Waals surface area contributed by atoms with E-state index in [2.05, 4.69) is 15.6 Å². The predicted octanol–water partition coefficient (Wildman–Crippen LogP) is 4.96. The number of ether oxygens (including phenoxy) is 2. The zero-order chi connectivity index (χ0) is 24.2. The van der Waals surface area contributed by atoms with Gasteiger partial charge in [-0.3, -0.25) is 9.59 Å². The molecule has 0 unspecified atom stereocenters. The zero-order valence-corrected chi connectivity index (χ0v) is 19.6. The smallest absolute Gasteiger partial charge is 0.253 e. The van der Waals surface area contributed by atoms with Crippen molar-refractivity contribution in [2.24, 2.45) is 0 Å². The third-order valence-corrected chi connectivity index (χ3v) is 6.18. The molecule has 0 aliphatic carbocycles. The van der Waals surface area contributed by atoms with E-state index >= 15 is 0 Å². The van der Waals surface area contributed by atoms with Crippen LogP contribution in [0.25, 0.3) is 10.9 Å². The lowest BCUT2D eigenvalue weighted by atomic mass is 10.0. The number of hydrogen-bond acceptors (Lipinski definition) is 4. The molecule has 0 bridgehead atoms. The largest absolute Gasteiger partial charge is 0.490 e. The first-order chi connectivity index (χ1) is 17.1. The molecule has 7 nitrogen and oxygen atoms in total. The molecule has 3 aromatic carbocycles. The zero-order valence-electron chi connectivity index (χ0n) is 18.8.